The lowest BCUT2D eigenvalue weighted by atomic mass is 9.97. The number of benzene rings is 1. The van der Waals surface area contributed by atoms with E-state index in [4.69, 9.17) is 5.73 Å². The van der Waals surface area contributed by atoms with Crippen LogP contribution in [0.2, 0.25) is 0 Å². The van der Waals surface area contributed by atoms with E-state index in [1.54, 1.807) is 6.92 Å². The standard InChI is InChI=1S/C23H23F6N5O2/c1-10(30)8-31-17-5-4-13-19(35)14(22(36)33-20(11-2-3-11)23(27,28)29)9-34(21(13)32-17)18-15(25)6-12(24)7-16(18)26/h4-7,9-11,19-20,35H,2-3,8,30H2,1H3,(H,31,32)(H,33,36)/t10-,19?,20-/m0/s1. The number of hydrogen-bond acceptors (Lipinski definition) is 6. The van der Waals surface area contributed by atoms with Crippen molar-refractivity contribution in [2.45, 2.75) is 44.1 Å². The Balaban J connectivity index is 1.78. The highest BCUT2D eigenvalue weighted by Gasteiger charge is 2.50. The number of aromatic nitrogens is 1. The van der Waals surface area contributed by atoms with Crippen LogP contribution in [0.15, 0.2) is 36.0 Å². The number of carbonyl (C=O) groups is 1. The summed E-state index contributed by atoms with van der Waals surface area (Å²) in [4.78, 5) is 17.9. The minimum Gasteiger partial charge on any atom is -0.383 e. The lowest BCUT2D eigenvalue weighted by Gasteiger charge is -2.32. The van der Waals surface area contributed by atoms with Crippen molar-refractivity contribution in [1.29, 1.82) is 0 Å². The number of amides is 1. The maximum absolute atomic E-state index is 14.7. The first-order chi connectivity index (χ1) is 16.9. The zero-order chi connectivity index (χ0) is 26.4. The summed E-state index contributed by atoms with van der Waals surface area (Å²) in [6.45, 7) is 1.99. The minimum absolute atomic E-state index is 0.105. The monoisotopic (exact) mass is 515 g/mol. The van der Waals surface area contributed by atoms with E-state index in [0.717, 1.165) is 11.1 Å². The van der Waals surface area contributed by atoms with Crippen molar-refractivity contribution in [2.24, 2.45) is 11.7 Å². The molecular formula is C23H23F6N5O2. The first kappa shape index (κ1) is 25.8. The van der Waals surface area contributed by atoms with Gasteiger partial charge in [-0.25, -0.2) is 18.2 Å². The van der Waals surface area contributed by atoms with Gasteiger partial charge in [0, 0.05) is 36.5 Å². The van der Waals surface area contributed by atoms with E-state index in [-0.39, 0.29) is 42.6 Å². The average molecular weight is 515 g/mol. The first-order valence-electron chi connectivity index (χ1n) is 11.1. The van der Waals surface area contributed by atoms with E-state index < -0.39 is 58.9 Å². The van der Waals surface area contributed by atoms with Crippen LogP contribution in [0.4, 0.5) is 43.7 Å². The second kappa shape index (κ2) is 9.62. The molecule has 2 aromatic rings. The summed E-state index contributed by atoms with van der Waals surface area (Å²) in [6, 6.07) is 1.10. The van der Waals surface area contributed by atoms with Crippen LogP contribution in [0.3, 0.4) is 0 Å². The Morgan fingerprint density at radius 1 is 1.22 bits per heavy atom. The van der Waals surface area contributed by atoms with E-state index in [2.05, 4.69) is 10.3 Å². The van der Waals surface area contributed by atoms with Crippen LogP contribution in [-0.2, 0) is 4.79 Å². The Labute approximate surface area is 202 Å². The summed E-state index contributed by atoms with van der Waals surface area (Å²) in [5.41, 5.74) is 4.18. The van der Waals surface area contributed by atoms with Crippen molar-refractivity contribution in [3.8, 4) is 0 Å². The van der Waals surface area contributed by atoms with Gasteiger partial charge in [-0.3, -0.25) is 9.69 Å². The fourth-order valence-electron chi connectivity index (χ4n) is 3.91. The normalized spacial score (nSPS) is 19.3. The molecule has 3 atom stereocenters. The summed E-state index contributed by atoms with van der Waals surface area (Å²) in [5, 5.41) is 15.6. The molecule has 1 saturated carbocycles. The molecule has 4 rings (SSSR count). The third-order valence-corrected chi connectivity index (χ3v) is 5.81. The van der Waals surface area contributed by atoms with Crippen LogP contribution in [0.5, 0.6) is 0 Å². The third kappa shape index (κ3) is 5.26. The van der Waals surface area contributed by atoms with Crippen molar-refractivity contribution < 1.29 is 36.2 Å². The molecule has 1 aromatic heterocycles. The van der Waals surface area contributed by atoms with Gasteiger partial charge >= 0.3 is 6.18 Å². The Bertz CT molecular complexity index is 1170. The maximum atomic E-state index is 14.7. The van der Waals surface area contributed by atoms with Gasteiger partial charge < -0.3 is 21.5 Å². The molecule has 0 spiro atoms. The number of pyridine rings is 1. The summed E-state index contributed by atoms with van der Waals surface area (Å²) >= 11 is 0. The number of nitrogens with zero attached hydrogens (tertiary/aromatic N) is 2. The van der Waals surface area contributed by atoms with Crippen LogP contribution >= 0.6 is 0 Å². The molecule has 0 radical (unpaired) electrons. The van der Waals surface area contributed by atoms with Gasteiger partial charge in [-0.2, -0.15) is 13.2 Å². The highest BCUT2D eigenvalue weighted by atomic mass is 19.4. The Morgan fingerprint density at radius 3 is 2.42 bits per heavy atom. The molecule has 36 heavy (non-hydrogen) atoms. The summed E-state index contributed by atoms with van der Waals surface area (Å²) in [7, 11) is 0. The molecule has 0 bridgehead atoms. The van der Waals surface area contributed by atoms with Gasteiger partial charge in [-0.05, 0) is 37.8 Å². The van der Waals surface area contributed by atoms with Gasteiger partial charge in [0.05, 0.1) is 5.57 Å². The number of carbonyl (C=O) groups excluding carboxylic acids is 1. The smallest absolute Gasteiger partial charge is 0.383 e. The van der Waals surface area contributed by atoms with Crippen molar-refractivity contribution in [2.75, 3.05) is 16.8 Å². The number of alkyl halides is 3. The molecule has 2 aliphatic rings. The number of rotatable bonds is 7. The van der Waals surface area contributed by atoms with Crippen molar-refractivity contribution in [3.63, 3.8) is 0 Å². The largest absolute Gasteiger partial charge is 0.408 e. The van der Waals surface area contributed by atoms with Crippen LogP contribution in [0.1, 0.15) is 31.4 Å². The number of fused-ring (bicyclic) bond motifs is 1. The Kier molecular flexibility index (Phi) is 6.88. The summed E-state index contributed by atoms with van der Waals surface area (Å²) < 4.78 is 83.4. The van der Waals surface area contributed by atoms with Gasteiger partial charge in [0.25, 0.3) is 5.91 Å². The molecule has 1 unspecified atom stereocenters. The number of halogens is 6. The highest BCUT2D eigenvalue weighted by Crippen LogP contribution is 2.43. The number of nitrogens with two attached hydrogens (primary N) is 1. The van der Waals surface area contributed by atoms with Crippen LogP contribution < -0.4 is 21.3 Å². The molecule has 1 amide bonds. The molecular weight excluding hydrogens is 492 g/mol. The maximum Gasteiger partial charge on any atom is 0.408 e. The Morgan fingerprint density at radius 2 is 1.86 bits per heavy atom. The number of aliphatic hydroxyl groups excluding tert-OH is 1. The van der Waals surface area contributed by atoms with E-state index >= 15 is 0 Å². The molecule has 2 heterocycles. The summed E-state index contributed by atoms with van der Waals surface area (Å²) in [6.07, 6.45) is -5.15. The predicted molar refractivity (Wildman–Crippen MR) is 119 cm³/mol. The molecule has 7 nitrogen and oxygen atoms in total. The first-order valence-corrected chi connectivity index (χ1v) is 11.1. The minimum atomic E-state index is -4.73. The number of nitrogens with one attached hydrogen (secondary N) is 2. The molecule has 1 aliphatic carbocycles. The quantitative estimate of drug-likeness (QED) is 0.419. The van der Waals surface area contributed by atoms with E-state index in [9.17, 15) is 36.2 Å². The van der Waals surface area contributed by atoms with E-state index in [1.165, 1.54) is 12.1 Å². The SMILES string of the molecule is C[C@H](N)CNc1ccc2c(n1)N(c1c(F)cc(F)cc1F)C=C(C(=O)N[C@@H](C1CC1)C(F)(F)F)C2O. The molecule has 0 saturated heterocycles. The topological polar surface area (TPSA) is 104 Å². The number of hydrogen-bond donors (Lipinski definition) is 4. The molecule has 1 fully saturated rings. The molecule has 1 aliphatic heterocycles. The van der Waals surface area contributed by atoms with Crippen LogP contribution in [0.25, 0.3) is 0 Å². The summed E-state index contributed by atoms with van der Waals surface area (Å²) in [5.74, 6) is -5.99. The molecule has 13 heteroatoms. The van der Waals surface area contributed by atoms with Gasteiger partial charge in [0.2, 0.25) is 0 Å². The van der Waals surface area contributed by atoms with Gasteiger partial charge in [0.1, 0.15) is 35.3 Å². The zero-order valence-corrected chi connectivity index (χ0v) is 18.9. The molecule has 194 valence electrons. The molecule has 1 aromatic carbocycles. The second-order valence-corrected chi connectivity index (χ2v) is 8.87. The van der Waals surface area contributed by atoms with E-state index in [1.807, 2.05) is 5.32 Å². The third-order valence-electron chi connectivity index (χ3n) is 5.81. The Hall–Kier alpha value is -3.32. The second-order valence-electron chi connectivity index (χ2n) is 8.87. The number of anilines is 3. The van der Waals surface area contributed by atoms with Crippen molar-refractivity contribution in [1.82, 2.24) is 10.3 Å². The zero-order valence-electron chi connectivity index (χ0n) is 18.9. The van der Waals surface area contributed by atoms with Gasteiger partial charge in [-0.1, -0.05) is 0 Å². The van der Waals surface area contributed by atoms with Gasteiger partial charge in [-0.15, -0.1) is 0 Å². The fraction of sp³-hybridized carbons (Fsp3) is 0.391. The van der Waals surface area contributed by atoms with Crippen LogP contribution in [0, 0.1) is 23.4 Å². The predicted octanol–water partition coefficient (Wildman–Crippen LogP) is 3.78. The molecule has 5 N–H and O–H groups in total. The lowest BCUT2D eigenvalue weighted by molar-refractivity contribution is -0.165. The van der Waals surface area contributed by atoms with Gasteiger partial charge in [0.15, 0.2) is 11.6 Å². The lowest BCUT2D eigenvalue weighted by Crippen LogP contribution is -2.48. The van der Waals surface area contributed by atoms with Crippen LogP contribution in [-0.4, -0.2) is 40.8 Å². The highest BCUT2D eigenvalue weighted by molar-refractivity contribution is 5.97. The average Bonchev–Trinajstić information content (AvgIpc) is 3.61. The van der Waals surface area contributed by atoms with Crippen molar-refractivity contribution in [3.05, 3.63) is 59.1 Å². The number of aliphatic hydroxyl groups is 1. The van der Waals surface area contributed by atoms with E-state index in [0.29, 0.717) is 12.1 Å². The van der Waals surface area contributed by atoms with Crippen molar-refractivity contribution >= 4 is 23.2 Å². The fourth-order valence-corrected chi connectivity index (χ4v) is 3.91.